The maximum absolute atomic E-state index is 13.0. The van der Waals surface area contributed by atoms with Gasteiger partial charge in [0, 0.05) is 18.7 Å². The second-order valence-electron chi connectivity index (χ2n) is 5.72. The van der Waals surface area contributed by atoms with Crippen LogP contribution in [0.1, 0.15) is 20.3 Å². The predicted molar refractivity (Wildman–Crippen MR) is 75.1 cm³/mol. The Hall–Kier alpha value is -0.720. The van der Waals surface area contributed by atoms with E-state index in [1.807, 2.05) is 0 Å². The molecule has 0 aromatic carbocycles. The van der Waals surface area contributed by atoms with Gasteiger partial charge in [0.1, 0.15) is 0 Å². The average molecular weight is 347 g/mol. The second-order valence-corrected chi connectivity index (χ2v) is 6.63. The van der Waals surface area contributed by atoms with Crippen LogP contribution in [0, 0.1) is 16.7 Å². The lowest BCUT2D eigenvalue weighted by molar-refractivity contribution is -0.255. The second kappa shape index (κ2) is 4.64. The van der Waals surface area contributed by atoms with E-state index in [9.17, 15) is 9.59 Å². The van der Waals surface area contributed by atoms with Crippen LogP contribution in [-0.4, -0.2) is 38.9 Å². The lowest BCUT2D eigenvalue weighted by Crippen LogP contribution is -2.68. The number of hydrogen-bond acceptors (Lipinski definition) is 5. The van der Waals surface area contributed by atoms with Gasteiger partial charge in [-0.1, -0.05) is 22.0 Å². The largest absolute Gasteiger partial charge is 0.469 e. The minimum absolute atomic E-state index is 0.248. The highest BCUT2D eigenvalue weighted by Gasteiger charge is 2.71. The van der Waals surface area contributed by atoms with Gasteiger partial charge in [-0.05, 0) is 20.3 Å². The molecule has 0 heterocycles. The standard InChI is InChI=1S/C14H19BrO5/c1-12-7-9(15)8(6-13(12,2)11(17)18-3)14(19-4,20-5)10(12)16/h7-8H,6H2,1-5H3/t8-,12+,13+/m1/s1. The van der Waals surface area contributed by atoms with E-state index in [4.69, 9.17) is 14.2 Å². The summed E-state index contributed by atoms with van der Waals surface area (Å²) in [5.41, 5.74) is -1.97. The number of carbonyl (C=O) groups is 2. The fraction of sp³-hybridized carbons (Fsp3) is 0.714. The van der Waals surface area contributed by atoms with Crippen LogP contribution in [0.15, 0.2) is 10.6 Å². The number of rotatable bonds is 3. The van der Waals surface area contributed by atoms with Gasteiger partial charge < -0.3 is 14.2 Å². The number of Topliss-reactive ketones (excluding diaryl/α,β-unsaturated/α-hetero) is 1. The van der Waals surface area contributed by atoms with Crippen molar-refractivity contribution in [3.05, 3.63) is 10.6 Å². The van der Waals surface area contributed by atoms with Gasteiger partial charge in [-0.25, -0.2) is 0 Å². The molecule has 3 atom stereocenters. The Labute approximate surface area is 126 Å². The van der Waals surface area contributed by atoms with Gasteiger partial charge in [-0.15, -0.1) is 0 Å². The molecule has 3 aliphatic carbocycles. The van der Waals surface area contributed by atoms with E-state index in [-0.39, 0.29) is 11.7 Å². The van der Waals surface area contributed by atoms with Crippen LogP contribution in [0.4, 0.5) is 0 Å². The summed E-state index contributed by atoms with van der Waals surface area (Å²) in [7, 11) is 4.23. The molecule has 20 heavy (non-hydrogen) atoms. The highest BCUT2D eigenvalue weighted by molar-refractivity contribution is 9.11. The van der Waals surface area contributed by atoms with Crippen molar-refractivity contribution < 1.29 is 23.8 Å². The molecular formula is C14H19BrO5. The maximum Gasteiger partial charge on any atom is 0.312 e. The average Bonchev–Trinajstić information content (AvgIpc) is 2.43. The summed E-state index contributed by atoms with van der Waals surface area (Å²) in [5.74, 6) is -2.36. The number of allylic oxidation sites excluding steroid dienone is 1. The Bertz CT molecular complexity index is 496. The summed E-state index contributed by atoms with van der Waals surface area (Å²) in [4.78, 5) is 25.2. The topological polar surface area (TPSA) is 61.8 Å². The molecule has 0 radical (unpaired) electrons. The summed E-state index contributed by atoms with van der Waals surface area (Å²) < 4.78 is 16.6. The Kier molecular flexibility index (Phi) is 3.64. The minimum Gasteiger partial charge on any atom is -0.469 e. The molecule has 0 saturated heterocycles. The quantitative estimate of drug-likeness (QED) is 0.578. The van der Waals surface area contributed by atoms with Gasteiger partial charge in [0.05, 0.1) is 23.9 Å². The maximum atomic E-state index is 13.0. The number of ether oxygens (including phenoxy) is 3. The third kappa shape index (κ3) is 1.55. The first-order valence-electron chi connectivity index (χ1n) is 6.35. The Morgan fingerprint density at radius 1 is 1.30 bits per heavy atom. The van der Waals surface area contributed by atoms with Crippen LogP contribution < -0.4 is 0 Å². The monoisotopic (exact) mass is 346 g/mol. The van der Waals surface area contributed by atoms with E-state index in [1.54, 1.807) is 19.9 Å². The van der Waals surface area contributed by atoms with Crippen molar-refractivity contribution in [3.63, 3.8) is 0 Å². The van der Waals surface area contributed by atoms with E-state index in [1.165, 1.54) is 21.3 Å². The molecule has 5 nitrogen and oxygen atoms in total. The zero-order valence-corrected chi connectivity index (χ0v) is 13.9. The molecule has 1 saturated carbocycles. The molecule has 3 rings (SSSR count). The van der Waals surface area contributed by atoms with Crippen molar-refractivity contribution in [3.8, 4) is 0 Å². The van der Waals surface area contributed by atoms with Crippen molar-refractivity contribution in [2.24, 2.45) is 16.7 Å². The van der Waals surface area contributed by atoms with Crippen molar-refractivity contribution >= 4 is 27.7 Å². The van der Waals surface area contributed by atoms with Crippen molar-refractivity contribution in [1.82, 2.24) is 0 Å². The summed E-state index contributed by atoms with van der Waals surface area (Å²) in [6.07, 6.45) is 2.21. The first-order valence-corrected chi connectivity index (χ1v) is 7.14. The van der Waals surface area contributed by atoms with Crippen molar-refractivity contribution in [2.45, 2.75) is 26.1 Å². The molecule has 0 N–H and O–H groups in total. The first kappa shape index (κ1) is 15.7. The van der Waals surface area contributed by atoms with Crippen LogP contribution >= 0.6 is 15.9 Å². The van der Waals surface area contributed by atoms with Gasteiger partial charge in [-0.2, -0.15) is 0 Å². The lowest BCUT2D eigenvalue weighted by atomic mass is 9.49. The number of methoxy groups -OCH3 is 3. The molecule has 0 amide bonds. The van der Waals surface area contributed by atoms with Gasteiger partial charge in [0.15, 0.2) is 0 Å². The van der Waals surface area contributed by atoms with Gasteiger partial charge in [-0.3, -0.25) is 9.59 Å². The van der Waals surface area contributed by atoms with E-state index in [0.717, 1.165) is 4.48 Å². The Balaban J connectivity index is 2.65. The van der Waals surface area contributed by atoms with Crippen LogP contribution in [0.25, 0.3) is 0 Å². The summed E-state index contributed by atoms with van der Waals surface area (Å²) in [5, 5.41) is 0. The molecule has 0 aliphatic heterocycles. The molecule has 6 heteroatoms. The van der Waals surface area contributed by atoms with Crippen LogP contribution in [-0.2, 0) is 23.8 Å². The Morgan fingerprint density at radius 2 is 1.85 bits per heavy atom. The lowest BCUT2D eigenvalue weighted by Gasteiger charge is -2.57. The molecule has 0 spiro atoms. The van der Waals surface area contributed by atoms with Crippen molar-refractivity contribution in [1.29, 1.82) is 0 Å². The SMILES string of the molecule is COC(=O)[C@]1(C)C[C@@H]2C(Br)=C[C@@]1(C)C(=O)C2(OC)OC. The van der Waals surface area contributed by atoms with E-state index >= 15 is 0 Å². The molecule has 3 aliphatic rings. The van der Waals surface area contributed by atoms with Gasteiger partial charge in [0.25, 0.3) is 0 Å². The zero-order chi connectivity index (χ0) is 15.3. The number of halogens is 1. The highest BCUT2D eigenvalue weighted by Crippen LogP contribution is 2.62. The number of fused-ring (bicyclic) bond motifs is 2. The normalized spacial score (nSPS) is 38.6. The number of carbonyl (C=O) groups excluding carboxylic acids is 2. The van der Waals surface area contributed by atoms with Crippen LogP contribution in [0.2, 0.25) is 0 Å². The van der Waals surface area contributed by atoms with E-state index < -0.39 is 22.6 Å². The summed E-state index contributed by atoms with van der Waals surface area (Å²) >= 11 is 3.48. The third-order valence-corrected chi connectivity index (χ3v) is 5.79. The molecule has 112 valence electrons. The van der Waals surface area contributed by atoms with Crippen molar-refractivity contribution in [2.75, 3.05) is 21.3 Å². The minimum atomic E-state index is -1.35. The Morgan fingerprint density at radius 3 is 2.30 bits per heavy atom. The van der Waals surface area contributed by atoms with Gasteiger partial charge >= 0.3 is 5.97 Å². The van der Waals surface area contributed by atoms with Crippen LogP contribution in [0.3, 0.4) is 0 Å². The van der Waals surface area contributed by atoms with E-state index in [0.29, 0.717) is 6.42 Å². The smallest absolute Gasteiger partial charge is 0.312 e. The number of esters is 1. The molecule has 0 aromatic heterocycles. The zero-order valence-electron chi connectivity index (χ0n) is 12.3. The fourth-order valence-electron chi connectivity index (χ4n) is 3.48. The number of hydrogen-bond donors (Lipinski definition) is 0. The fourth-order valence-corrected chi connectivity index (χ4v) is 4.40. The third-order valence-electron chi connectivity index (χ3n) is 5.01. The number of ketones is 1. The molecule has 2 bridgehead atoms. The van der Waals surface area contributed by atoms with Gasteiger partial charge in [0.2, 0.25) is 11.6 Å². The van der Waals surface area contributed by atoms with E-state index in [2.05, 4.69) is 15.9 Å². The first-order chi connectivity index (χ1) is 9.23. The summed E-state index contributed by atoms with van der Waals surface area (Å²) in [6, 6.07) is 0. The van der Waals surface area contributed by atoms with Crippen LogP contribution in [0.5, 0.6) is 0 Å². The molecular weight excluding hydrogens is 328 g/mol. The summed E-state index contributed by atoms with van der Waals surface area (Å²) in [6.45, 7) is 3.49. The molecule has 1 fully saturated rings. The molecule has 0 unspecified atom stereocenters. The molecule has 0 aromatic rings. The predicted octanol–water partition coefficient (Wildman–Crippen LogP) is 2.04. The highest BCUT2D eigenvalue weighted by atomic mass is 79.9.